The molecule has 3 N–H and O–H groups in total. The third-order valence-corrected chi connectivity index (χ3v) is 2.50. The Balaban J connectivity index is 2.55. The van der Waals surface area contributed by atoms with Gasteiger partial charge in [0.25, 0.3) is 0 Å². The smallest absolute Gasteiger partial charge is 0.148 e. The molecule has 2 heterocycles. The van der Waals surface area contributed by atoms with Crippen molar-refractivity contribution in [3.8, 4) is 10.6 Å². The molecule has 0 saturated heterocycles. The minimum absolute atomic E-state index is 0.554. The third-order valence-electron chi connectivity index (χ3n) is 1.73. The van der Waals surface area contributed by atoms with E-state index in [1.807, 2.05) is 13.0 Å². The predicted molar refractivity (Wildman–Crippen MR) is 48.8 cm³/mol. The fourth-order valence-electron chi connectivity index (χ4n) is 0.997. The van der Waals surface area contributed by atoms with Gasteiger partial charge in [-0.15, -0.1) is 0 Å². The molecule has 0 radical (unpaired) electrons. The molecule has 0 fully saturated rings. The van der Waals surface area contributed by atoms with Crippen molar-refractivity contribution in [2.75, 3.05) is 5.73 Å². The second kappa shape index (κ2) is 2.60. The molecule has 0 saturated carbocycles. The van der Waals surface area contributed by atoms with Crippen LogP contribution in [0.2, 0.25) is 0 Å². The van der Waals surface area contributed by atoms with Gasteiger partial charge in [-0.05, 0) is 24.5 Å². The van der Waals surface area contributed by atoms with Crippen LogP contribution in [-0.4, -0.2) is 14.6 Å². The first-order chi connectivity index (χ1) is 5.79. The van der Waals surface area contributed by atoms with Crippen molar-refractivity contribution in [1.82, 2.24) is 14.6 Å². The summed E-state index contributed by atoms with van der Waals surface area (Å²) in [4.78, 5) is 1.07. The highest BCUT2D eigenvalue weighted by Crippen LogP contribution is 2.26. The maximum absolute atomic E-state index is 5.59. The van der Waals surface area contributed by atoms with E-state index in [1.165, 1.54) is 11.5 Å². The van der Waals surface area contributed by atoms with Gasteiger partial charge in [-0.3, -0.25) is 5.10 Å². The Bertz CT molecular complexity index is 376. The van der Waals surface area contributed by atoms with Gasteiger partial charge in [-0.25, -0.2) is 4.37 Å². The van der Waals surface area contributed by atoms with Crippen molar-refractivity contribution in [3.63, 3.8) is 0 Å². The second-order valence-corrected chi connectivity index (χ2v) is 3.32. The summed E-state index contributed by atoms with van der Waals surface area (Å²) >= 11 is 1.43. The van der Waals surface area contributed by atoms with Crippen LogP contribution in [0.4, 0.5) is 5.82 Å². The molecule has 0 unspecified atom stereocenters. The van der Waals surface area contributed by atoms with E-state index in [-0.39, 0.29) is 0 Å². The molecule has 2 aromatic heterocycles. The highest BCUT2D eigenvalue weighted by molar-refractivity contribution is 7.09. The lowest BCUT2D eigenvalue weighted by Crippen LogP contribution is -1.85. The van der Waals surface area contributed by atoms with E-state index in [0.717, 1.165) is 16.1 Å². The number of aromatic nitrogens is 3. The van der Waals surface area contributed by atoms with Crippen LogP contribution in [0.5, 0.6) is 0 Å². The quantitative estimate of drug-likeness (QED) is 0.697. The normalized spacial score (nSPS) is 10.4. The van der Waals surface area contributed by atoms with Crippen LogP contribution >= 0.6 is 11.5 Å². The number of hydrogen-bond donors (Lipinski definition) is 2. The summed E-state index contributed by atoms with van der Waals surface area (Å²) in [5.41, 5.74) is 7.54. The summed E-state index contributed by atoms with van der Waals surface area (Å²) in [6.45, 7) is 1.94. The average Bonchev–Trinajstić information content (AvgIpc) is 2.64. The van der Waals surface area contributed by atoms with E-state index in [0.29, 0.717) is 5.82 Å². The molecule has 0 atom stereocenters. The van der Waals surface area contributed by atoms with Crippen molar-refractivity contribution in [2.45, 2.75) is 6.92 Å². The van der Waals surface area contributed by atoms with E-state index in [1.54, 1.807) is 6.20 Å². The Kier molecular flexibility index (Phi) is 1.58. The predicted octanol–water partition coefficient (Wildman–Crippen LogP) is 1.42. The number of H-pyrrole nitrogens is 1. The van der Waals surface area contributed by atoms with Crippen LogP contribution in [0.1, 0.15) is 5.56 Å². The lowest BCUT2D eigenvalue weighted by atomic mass is 10.2. The van der Waals surface area contributed by atoms with Crippen LogP contribution < -0.4 is 5.73 Å². The van der Waals surface area contributed by atoms with Crippen LogP contribution in [-0.2, 0) is 0 Å². The molecule has 5 heteroatoms. The molecule has 0 aromatic carbocycles. The lowest BCUT2D eigenvalue weighted by Gasteiger charge is -1.91. The van der Waals surface area contributed by atoms with Crippen molar-refractivity contribution in [2.24, 2.45) is 0 Å². The second-order valence-electron chi connectivity index (χ2n) is 2.49. The van der Waals surface area contributed by atoms with E-state index >= 15 is 0 Å². The van der Waals surface area contributed by atoms with Crippen molar-refractivity contribution in [1.29, 1.82) is 0 Å². The summed E-state index contributed by atoms with van der Waals surface area (Å²) in [7, 11) is 0. The highest BCUT2D eigenvalue weighted by atomic mass is 32.1. The van der Waals surface area contributed by atoms with E-state index < -0.39 is 0 Å². The number of nitrogens with two attached hydrogens (primary N) is 1. The van der Waals surface area contributed by atoms with Gasteiger partial charge >= 0.3 is 0 Å². The number of aromatic amines is 1. The topological polar surface area (TPSA) is 67.6 Å². The van der Waals surface area contributed by atoms with Gasteiger partial charge < -0.3 is 5.73 Å². The molecule has 0 aliphatic heterocycles. The molecule has 2 rings (SSSR count). The zero-order chi connectivity index (χ0) is 8.55. The minimum Gasteiger partial charge on any atom is -0.382 e. The zero-order valence-corrected chi connectivity index (χ0v) is 7.35. The van der Waals surface area contributed by atoms with Gasteiger partial charge in [0.15, 0.2) is 0 Å². The average molecular weight is 180 g/mol. The molecular formula is C7H8N4S. The number of rotatable bonds is 1. The van der Waals surface area contributed by atoms with E-state index in [9.17, 15) is 0 Å². The van der Waals surface area contributed by atoms with Gasteiger partial charge in [0.1, 0.15) is 5.82 Å². The van der Waals surface area contributed by atoms with Crippen LogP contribution in [0, 0.1) is 6.92 Å². The largest absolute Gasteiger partial charge is 0.382 e. The SMILES string of the molecule is Cc1c(N)n[nH]c1-c1ccns1. The van der Waals surface area contributed by atoms with E-state index in [4.69, 9.17) is 5.73 Å². The monoisotopic (exact) mass is 180 g/mol. The highest BCUT2D eigenvalue weighted by Gasteiger charge is 2.08. The third kappa shape index (κ3) is 0.984. The van der Waals surface area contributed by atoms with Crippen molar-refractivity contribution in [3.05, 3.63) is 17.8 Å². The van der Waals surface area contributed by atoms with E-state index in [2.05, 4.69) is 14.6 Å². The summed E-state index contributed by atoms with van der Waals surface area (Å²) in [6, 6.07) is 1.94. The Morgan fingerprint density at radius 3 is 2.92 bits per heavy atom. The Morgan fingerprint density at radius 1 is 1.58 bits per heavy atom. The molecule has 0 bridgehead atoms. The molecule has 0 spiro atoms. The summed E-state index contributed by atoms with van der Waals surface area (Å²) < 4.78 is 4.00. The maximum atomic E-state index is 5.59. The molecule has 4 nitrogen and oxygen atoms in total. The van der Waals surface area contributed by atoms with Crippen LogP contribution in [0.15, 0.2) is 12.3 Å². The van der Waals surface area contributed by atoms with Crippen LogP contribution in [0.25, 0.3) is 10.6 Å². The Labute approximate surface area is 73.6 Å². The first-order valence-electron chi connectivity index (χ1n) is 3.50. The van der Waals surface area contributed by atoms with Gasteiger partial charge in [0, 0.05) is 11.8 Å². The molecule has 2 aromatic rings. The van der Waals surface area contributed by atoms with Gasteiger partial charge in [0.2, 0.25) is 0 Å². The standard InChI is InChI=1S/C7H8N4S/c1-4-6(10-11-7(4)8)5-2-3-9-12-5/h2-3H,1H3,(H3,8,10,11). The Hall–Kier alpha value is -1.36. The van der Waals surface area contributed by atoms with Crippen molar-refractivity contribution >= 4 is 17.4 Å². The van der Waals surface area contributed by atoms with Crippen molar-refractivity contribution < 1.29 is 0 Å². The summed E-state index contributed by atoms with van der Waals surface area (Å²) in [6.07, 6.45) is 1.76. The van der Waals surface area contributed by atoms with Crippen LogP contribution in [0.3, 0.4) is 0 Å². The molecule has 62 valence electrons. The van der Waals surface area contributed by atoms with Gasteiger partial charge in [0.05, 0.1) is 10.6 Å². The first kappa shape index (κ1) is 7.30. The number of nitrogen functional groups attached to an aromatic ring is 1. The number of nitrogens with one attached hydrogen (secondary N) is 1. The summed E-state index contributed by atoms with van der Waals surface area (Å²) in [5.74, 6) is 0.554. The van der Waals surface area contributed by atoms with Gasteiger partial charge in [-0.2, -0.15) is 5.10 Å². The lowest BCUT2D eigenvalue weighted by molar-refractivity contribution is 1.11. The van der Waals surface area contributed by atoms with Gasteiger partial charge in [-0.1, -0.05) is 0 Å². The maximum Gasteiger partial charge on any atom is 0.148 e. The Morgan fingerprint density at radius 2 is 2.42 bits per heavy atom. The number of hydrogen-bond acceptors (Lipinski definition) is 4. The number of anilines is 1. The first-order valence-corrected chi connectivity index (χ1v) is 4.28. The molecule has 0 amide bonds. The molecular weight excluding hydrogens is 172 g/mol. The zero-order valence-electron chi connectivity index (χ0n) is 6.53. The molecule has 12 heavy (non-hydrogen) atoms. The number of nitrogens with zero attached hydrogens (tertiary/aromatic N) is 2. The molecule has 0 aliphatic rings. The fourth-order valence-corrected chi connectivity index (χ4v) is 1.64. The minimum atomic E-state index is 0.554. The summed E-state index contributed by atoms with van der Waals surface area (Å²) in [5, 5.41) is 6.78. The fraction of sp³-hybridized carbons (Fsp3) is 0.143. The molecule has 0 aliphatic carbocycles.